The highest BCUT2D eigenvalue weighted by molar-refractivity contribution is 5.97. The maximum Gasteiger partial charge on any atom is 0.228 e. The zero-order valence-corrected chi connectivity index (χ0v) is 20.8. The first-order valence-corrected chi connectivity index (χ1v) is 12.5. The van der Waals surface area contributed by atoms with Crippen LogP contribution in [0.1, 0.15) is 30.0 Å². The molecule has 2 amide bonds. The second-order valence-electron chi connectivity index (χ2n) is 9.43. The smallest absolute Gasteiger partial charge is 0.228 e. The van der Waals surface area contributed by atoms with Crippen molar-refractivity contribution >= 4 is 23.3 Å². The molecule has 2 aliphatic heterocycles. The molecule has 186 valence electrons. The Labute approximate surface area is 212 Å². The van der Waals surface area contributed by atoms with Crippen molar-refractivity contribution in [1.82, 2.24) is 9.88 Å². The van der Waals surface area contributed by atoms with E-state index < -0.39 is 6.04 Å². The molecule has 2 fully saturated rings. The molecule has 0 aliphatic carbocycles. The summed E-state index contributed by atoms with van der Waals surface area (Å²) in [6.07, 6.45) is 2.65. The van der Waals surface area contributed by atoms with Crippen LogP contribution in [0.5, 0.6) is 5.75 Å². The number of aryl methyl sites for hydroxylation is 1. The Balaban J connectivity index is 1.45. The number of benzene rings is 2. The highest BCUT2D eigenvalue weighted by atomic mass is 16.5. The maximum atomic E-state index is 14.0. The number of piperidine rings is 1. The van der Waals surface area contributed by atoms with Gasteiger partial charge in [-0.05, 0) is 43.7 Å². The van der Waals surface area contributed by atoms with Gasteiger partial charge in [-0.15, -0.1) is 0 Å². The third kappa shape index (κ3) is 4.65. The van der Waals surface area contributed by atoms with Crippen LogP contribution in [0.4, 0.5) is 11.5 Å². The summed E-state index contributed by atoms with van der Waals surface area (Å²) < 4.78 is 5.70. The van der Waals surface area contributed by atoms with Crippen LogP contribution in [0.25, 0.3) is 0 Å². The largest absolute Gasteiger partial charge is 0.496 e. The van der Waals surface area contributed by atoms with Gasteiger partial charge >= 0.3 is 0 Å². The van der Waals surface area contributed by atoms with Gasteiger partial charge in [0.25, 0.3) is 0 Å². The van der Waals surface area contributed by atoms with Crippen molar-refractivity contribution in [1.29, 1.82) is 0 Å². The minimum absolute atomic E-state index is 0.0266. The van der Waals surface area contributed by atoms with Crippen LogP contribution >= 0.6 is 0 Å². The summed E-state index contributed by atoms with van der Waals surface area (Å²) in [4.78, 5) is 37.8. The first kappa shape index (κ1) is 23.9. The molecular weight excluding hydrogens is 452 g/mol. The SMILES string of the molecule is COc1ccccc1C1C(C(=O)N2CCN(c3ccccn3)CC2)CCC(=O)N1c1ccc(C)cc1. The lowest BCUT2D eigenvalue weighted by atomic mass is 9.82. The molecular formula is C29H32N4O3. The molecule has 7 nitrogen and oxygen atoms in total. The highest BCUT2D eigenvalue weighted by Gasteiger charge is 2.44. The number of aromatic nitrogens is 1. The summed E-state index contributed by atoms with van der Waals surface area (Å²) in [6, 6.07) is 21.1. The third-order valence-electron chi connectivity index (χ3n) is 7.25. The third-order valence-corrected chi connectivity index (χ3v) is 7.25. The number of carbonyl (C=O) groups is 2. The molecule has 2 aromatic carbocycles. The van der Waals surface area contributed by atoms with Crippen molar-refractivity contribution in [2.24, 2.45) is 5.92 Å². The van der Waals surface area contributed by atoms with E-state index in [1.807, 2.05) is 83.5 Å². The fraction of sp³-hybridized carbons (Fsp3) is 0.345. The number of hydrogen-bond donors (Lipinski definition) is 0. The summed E-state index contributed by atoms with van der Waals surface area (Å²) in [5.41, 5.74) is 2.79. The number of amides is 2. The molecule has 0 radical (unpaired) electrons. The standard InChI is InChI=1S/C29H32N4O3/c1-21-10-12-22(13-11-21)33-27(34)15-14-24(28(33)23-7-3-4-8-25(23)36-2)29(35)32-19-17-31(18-20-32)26-9-5-6-16-30-26/h3-13,16,24,28H,14-15,17-20H2,1-2H3. The van der Waals surface area contributed by atoms with E-state index in [9.17, 15) is 9.59 Å². The molecule has 36 heavy (non-hydrogen) atoms. The van der Waals surface area contributed by atoms with Gasteiger partial charge in [0.1, 0.15) is 11.6 Å². The van der Waals surface area contributed by atoms with Gasteiger partial charge in [-0.3, -0.25) is 9.59 Å². The molecule has 2 atom stereocenters. The summed E-state index contributed by atoms with van der Waals surface area (Å²) >= 11 is 0. The summed E-state index contributed by atoms with van der Waals surface area (Å²) in [5, 5.41) is 0. The summed E-state index contributed by atoms with van der Waals surface area (Å²) in [7, 11) is 1.63. The van der Waals surface area contributed by atoms with E-state index in [0.717, 1.165) is 35.7 Å². The van der Waals surface area contributed by atoms with Gasteiger partial charge in [0, 0.05) is 50.0 Å². The van der Waals surface area contributed by atoms with E-state index in [-0.39, 0.29) is 17.7 Å². The van der Waals surface area contributed by atoms with Crippen molar-refractivity contribution in [3.63, 3.8) is 0 Å². The van der Waals surface area contributed by atoms with E-state index in [0.29, 0.717) is 31.7 Å². The van der Waals surface area contributed by atoms with Crippen LogP contribution < -0.4 is 14.5 Å². The van der Waals surface area contributed by atoms with Crippen molar-refractivity contribution in [2.45, 2.75) is 25.8 Å². The Morgan fingerprint density at radius 3 is 2.36 bits per heavy atom. The fourth-order valence-electron chi connectivity index (χ4n) is 5.36. The van der Waals surface area contributed by atoms with Crippen LogP contribution in [-0.4, -0.2) is 55.0 Å². The molecule has 2 aliphatic rings. The number of pyridine rings is 1. The average molecular weight is 485 g/mol. The predicted octanol–water partition coefficient (Wildman–Crippen LogP) is 4.23. The summed E-state index contributed by atoms with van der Waals surface area (Å²) in [5.74, 6) is 1.38. The number of piperazine rings is 1. The van der Waals surface area contributed by atoms with Crippen LogP contribution in [0.3, 0.4) is 0 Å². The fourth-order valence-corrected chi connectivity index (χ4v) is 5.36. The Morgan fingerprint density at radius 1 is 0.944 bits per heavy atom. The number of para-hydroxylation sites is 1. The quantitative estimate of drug-likeness (QED) is 0.542. The molecule has 1 aromatic heterocycles. The summed E-state index contributed by atoms with van der Waals surface area (Å²) in [6.45, 7) is 4.74. The molecule has 2 saturated heterocycles. The van der Waals surface area contributed by atoms with Crippen LogP contribution in [0.2, 0.25) is 0 Å². The Kier molecular flexibility index (Phi) is 6.89. The number of nitrogens with zero attached hydrogens (tertiary/aromatic N) is 4. The minimum Gasteiger partial charge on any atom is -0.496 e. The van der Waals surface area contributed by atoms with Crippen molar-refractivity contribution in [2.75, 3.05) is 43.1 Å². The number of rotatable bonds is 5. The predicted molar refractivity (Wildman–Crippen MR) is 140 cm³/mol. The normalized spacial score (nSPS) is 20.4. The van der Waals surface area contributed by atoms with Crippen molar-refractivity contribution in [3.05, 3.63) is 84.1 Å². The molecule has 0 bridgehead atoms. The monoisotopic (exact) mass is 484 g/mol. The second-order valence-corrected chi connectivity index (χ2v) is 9.43. The second kappa shape index (κ2) is 10.4. The molecule has 0 spiro atoms. The number of carbonyl (C=O) groups excluding carboxylic acids is 2. The Bertz CT molecular complexity index is 1210. The number of hydrogen-bond acceptors (Lipinski definition) is 5. The maximum absolute atomic E-state index is 14.0. The average Bonchev–Trinajstić information content (AvgIpc) is 2.93. The van der Waals surface area contributed by atoms with Gasteiger partial charge < -0.3 is 19.4 Å². The lowest BCUT2D eigenvalue weighted by Crippen LogP contribution is -2.54. The van der Waals surface area contributed by atoms with E-state index in [1.165, 1.54) is 0 Å². The van der Waals surface area contributed by atoms with Crippen LogP contribution in [-0.2, 0) is 9.59 Å². The Hall–Kier alpha value is -3.87. The van der Waals surface area contributed by atoms with Gasteiger partial charge in [0.15, 0.2) is 0 Å². The number of ether oxygens (including phenoxy) is 1. The molecule has 0 saturated carbocycles. The van der Waals surface area contributed by atoms with Gasteiger partial charge in [0.05, 0.1) is 19.1 Å². The van der Waals surface area contributed by atoms with Crippen LogP contribution in [0, 0.1) is 12.8 Å². The highest BCUT2D eigenvalue weighted by Crippen LogP contribution is 2.43. The van der Waals surface area contributed by atoms with E-state index in [2.05, 4.69) is 9.88 Å². The zero-order valence-electron chi connectivity index (χ0n) is 20.8. The van der Waals surface area contributed by atoms with E-state index >= 15 is 0 Å². The lowest BCUT2D eigenvalue weighted by Gasteiger charge is -2.44. The van der Waals surface area contributed by atoms with Gasteiger partial charge in [-0.2, -0.15) is 0 Å². The minimum atomic E-state index is -0.438. The number of anilines is 2. The lowest BCUT2D eigenvalue weighted by molar-refractivity contribution is -0.138. The molecule has 7 heteroatoms. The number of methoxy groups -OCH3 is 1. The van der Waals surface area contributed by atoms with Gasteiger partial charge in [-0.1, -0.05) is 42.0 Å². The van der Waals surface area contributed by atoms with Crippen molar-refractivity contribution < 1.29 is 14.3 Å². The van der Waals surface area contributed by atoms with Gasteiger partial charge in [0.2, 0.25) is 11.8 Å². The topological polar surface area (TPSA) is 66.0 Å². The van der Waals surface area contributed by atoms with Crippen LogP contribution in [0.15, 0.2) is 72.9 Å². The molecule has 3 heterocycles. The zero-order chi connectivity index (χ0) is 25.1. The first-order chi connectivity index (χ1) is 17.6. The first-order valence-electron chi connectivity index (χ1n) is 12.5. The van der Waals surface area contributed by atoms with E-state index in [4.69, 9.17) is 4.74 Å². The van der Waals surface area contributed by atoms with E-state index in [1.54, 1.807) is 13.3 Å². The molecule has 3 aromatic rings. The Morgan fingerprint density at radius 2 is 1.67 bits per heavy atom. The molecule has 0 N–H and O–H groups in total. The molecule has 2 unspecified atom stereocenters. The van der Waals surface area contributed by atoms with Gasteiger partial charge in [-0.25, -0.2) is 4.98 Å². The van der Waals surface area contributed by atoms with Crippen molar-refractivity contribution in [3.8, 4) is 5.75 Å². The molecule has 5 rings (SSSR count).